The first-order valence-electron chi connectivity index (χ1n) is 8.19. The van der Waals surface area contributed by atoms with Crippen LogP contribution in [0.25, 0.3) is 0 Å². The molecule has 1 aromatic carbocycles. The van der Waals surface area contributed by atoms with Gasteiger partial charge in [-0.2, -0.15) is 0 Å². The van der Waals surface area contributed by atoms with E-state index in [-0.39, 0.29) is 0 Å². The molecular formula is C18H27NO2. The van der Waals surface area contributed by atoms with Gasteiger partial charge < -0.3 is 14.8 Å². The average Bonchev–Trinajstić information content (AvgIpc) is 2.84. The molecule has 0 spiro atoms. The van der Waals surface area contributed by atoms with Crippen molar-refractivity contribution < 1.29 is 9.47 Å². The Morgan fingerprint density at radius 3 is 2.81 bits per heavy atom. The predicted octanol–water partition coefficient (Wildman–Crippen LogP) is 4.42. The lowest BCUT2D eigenvalue weighted by Gasteiger charge is -2.24. The summed E-state index contributed by atoms with van der Waals surface area (Å²) in [5, 5.41) is 3.81. The van der Waals surface area contributed by atoms with Crippen molar-refractivity contribution in [3.63, 3.8) is 0 Å². The molecule has 2 aliphatic rings. The van der Waals surface area contributed by atoms with Gasteiger partial charge in [0.05, 0.1) is 0 Å². The van der Waals surface area contributed by atoms with Crippen LogP contribution in [-0.4, -0.2) is 12.8 Å². The molecule has 21 heavy (non-hydrogen) atoms. The van der Waals surface area contributed by atoms with Crippen molar-refractivity contribution in [1.82, 2.24) is 5.32 Å². The van der Waals surface area contributed by atoms with Gasteiger partial charge in [-0.3, -0.25) is 0 Å². The lowest BCUT2D eigenvalue weighted by molar-refractivity contribution is 0.174. The summed E-state index contributed by atoms with van der Waals surface area (Å²) in [6.07, 6.45) is 6.57. The van der Waals surface area contributed by atoms with Crippen LogP contribution in [0.3, 0.4) is 0 Å². The number of rotatable bonds is 3. The van der Waals surface area contributed by atoms with Crippen molar-refractivity contribution in [2.45, 2.75) is 65.0 Å². The van der Waals surface area contributed by atoms with E-state index in [0.29, 0.717) is 24.3 Å². The van der Waals surface area contributed by atoms with Crippen molar-refractivity contribution in [3.05, 3.63) is 23.8 Å². The summed E-state index contributed by atoms with van der Waals surface area (Å²) in [6, 6.07) is 7.26. The molecule has 3 heteroatoms. The molecule has 2 unspecified atom stereocenters. The number of benzene rings is 1. The molecule has 1 fully saturated rings. The molecule has 1 heterocycles. The summed E-state index contributed by atoms with van der Waals surface area (Å²) in [6.45, 7) is 7.39. The largest absolute Gasteiger partial charge is 0.454 e. The summed E-state index contributed by atoms with van der Waals surface area (Å²) >= 11 is 0. The van der Waals surface area contributed by atoms with Gasteiger partial charge in [0.15, 0.2) is 11.5 Å². The lowest BCUT2D eigenvalue weighted by atomic mass is 9.85. The van der Waals surface area contributed by atoms with Crippen LogP contribution in [0, 0.1) is 5.41 Å². The van der Waals surface area contributed by atoms with Crippen molar-refractivity contribution >= 4 is 0 Å². The second-order valence-electron chi connectivity index (χ2n) is 7.29. The predicted molar refractivity (Wildman–Crippen MR) is 84.8 cm³/mol. The second-order valence-corrected chi connectivity index (χ2v) is 7.29. The van der Waals surface area contributed by atoms with Crippen LogP contribution in [-0.2, 0) is 0 Å². The maximum atomic E-state index is 5.48. The van der Waals surface area contributed by atoms with Gasteiger partial charge >= 0.3 is 0 Å². The lowest BCUT2D eigenvalue weighted by Crippen LogP contribution is -2.31. The van der Waals surface area contributed by atoms with Crippen LogP contribution >= 0.6 is 0 Å². The molecular weight excluding hydrogens is 262 g/mol. The minimum atomic E-state index is 0.346. The van der Waals surface area contributed by atoms with Gasteiger partial charge in [0.2, 0.25) is 6.79 Å². The quantitative estimate of drug-likeness (QED) is 0.835. The molecule has 1 aliphatic carbocycles. The maximum Gasteiger partial charge on any atom is 0.231 e. The molecule has 0 amide bonds. The second kappa shape index (κ2) is 5.88. The van der Waals surface area contributed by atoms with Gasteiger partial charge in [0.25, 0.3) is 0 Å². The van der Waals surface area contributed by atoms with Gasteiger partial charge in [-0.05, 0) is 55.7 Å². The van der Waals surface area contributed by atoms with Crippen molar-refractivity contribution in [1.29, 1.82) is 0 Å². The summed E-state index contributed by atoms with van der Waals surface area (Å²) in [7, 11) is 0. The molecule has 0 radical (unpaired) electrons. The first kappa shape index (κ1) is 14.7. The monoisotopic (exact) mass is 289 g/mol. The minimum absolute atomic E-state index is 0.346. The van der Waals surface area contributed by atoms with Crippen LogP contribution < -0.4 is 14.8 Å². The first-order chi connectivity index (χ1) is 10.0. The van der Waals surface area contributed by atoms with Gasteiger partial charge in [0.1, 0.15) is 0 Å². The van der Waals surface area contributed by atoms with Crippen LogP contribution in [0.2, 0.25) is 0 Å². The van der Waals surface area contributed by atoms with Gasteiger partial charge in [-0.15, -0.1) is 0 Å². The Kier molecular flexibility index (Phi) is 4.12. The van der Waals surface area contributed by atoms with Gasteiger partial charge in [0, 0.05) is 12.1 Å². The fraction of sp³-hybridized carbons (Fsp3) is 0.667. The highest BCUT2D eigenvalue weighted by molar-refractivity contribution is 5.45. The van der Waals surface area contributed by atoms with Gasteiger partial charge in [-0.1, -0.05) is 26.3 Å². The zero-order valence-electron chi connectivity index (χ0n) is 13.4. The van der Waals surface area contributed by atoms with E-state index in [9.17, 15) is 0 Å². The molecule has 1 aromatic rings. The Morgan fingerprint density at radius 2 is 1.95 bits per heavy atom. The van der Waals surface area contributed by atoms with Crippen LogP contribution in [0.5, 0.6) is 11.5 Å². The Morgan fingerprint density at radius 1 is 1.14 bits per heavy atom. The standard InChI is InChI=1S/C18H27NO2/c1-13(14-6-7-16-17(11-14)21-12-20-16)19-15-5-4-9-18(2,3)10-8-15/h6-7,11,13,15,19H,4-5,8-10,12H2,1-3H3. The van der Waals surface area contributed by atoms with E-state index < -0.39 is 0 Å². The summed E-state index contributed by atoms with van der Waals surface area (Å²) in [4.78, 5) is 0. The summed E-state index contributed by atoms with van der Waals surface area (Å²) in [5.41, 5.74) is 1.79. The zero-order chi connectivity index (χ0) is 14.9. The summed E-state index contributed by atoms with van der Waals surface area (Å²) in [5.74, 6) is 1.74. The number of hydrogen-bond acceptors (Lipinski definition) is 3. The molecule has 116 valence electrons. The number of fused-ring (bicyclic) bond motifs is 1. The van der Waals surface area contributed by atoms with Gasteiger partial charge in [-0.25, -0.2) is 0 Å². The Balaban J connectivity index is 1.62. The number of nitrogens with one attached hydrogen (secondary N) is 1. The Bertz CT molecular complexity index is 498. The molecule has 0 saturated heterocycles. The van der Waals surface area contributed by atoms with Crippen LogP contribution in [0.4, 0.5) is 0 Å². The maximum absolute atomic E-state index is 5.48. The van der Waals surface area contributed by atoms with Crippen LogP contribution in [0.15, 0.2) is 18.2 Å². The van der Waals surface area contributed by atoms with E-state index >= 15 is 0 Å². The average molecular weight is 289 g/mol. The van der Waals surface area contributed by atoms with Crippen LogP contribution in [0.1, 0.15) is 64.5 Å². The molecule has 1 aliphatic heterocycles. The van der Waals surface area contributed by atoms with Crippen molar-refractivity contribution in [2.75, 3.05) is 6.79 Å². The van der Waals surface area contributed by atoms with Crippen molar-refractivity contribution in [2.24, 2.45) is 5.41 Å². The topological polar surface area (TPSA) is 30.5 Å². The highest BCUT2D eigenvalue weighted by Gasteiger charge is 2.25. The fourth-order valence-corrected chi connectivity index (χ4v) is 3.46. The first-order valence-corrected chi connectivity index (χ1v) is 8.19. The normalized spacial score (nSPS) is 25.4. The Hall–Kier alpha value is -1.22. The third-order valence-electron chi connectivity index (χ3n) is 4.96. The molecule has 0 bridgehead atoms. The molecule has 1 N–H and O–H groups in total. The van der Waals surface area contributed by atoms with E-state index in [1.54, 1.807) is 0 Å². The van der Waals surface area contributed by atoms with Crippen molar-refractivity contribution in [3.8, 4) is 11.5 Å². The van der Waals surface area contributed by atoms with E-state index in [2.05, 4.69) is 38.2 Å². The van der Waals surface area contributed by atoms with E-state index in [0.717, 1.165) is 11.5 Å². The Labute approximate surface area is 128 Å². The highest BCUT2D eigenvalue weighted by atomic mass is 16.7. The zero-order valence-corrected chi connectivity index (χ0v) is 13.4. The highest BCUT2D eigenvalue weighted by Crippen LogP contribution is 2.36. The smallest absolute Gasteiger partial charge is 0.231 e. The molecule has 3 nitrogen and oxygen atoms in total. The van der Waals surface area contributed by atoms with E-state index in [1.165, 1.54) is 37.7 Å². The molecule has 0 aromatic heterocycles. The minimum Gasteiger partial charge on any atom is -0.454 e. The van der Waals surface area contributed by atoms with E-state index in [4.69, 9.17) is 9.47 Å². The SMILES string of the molecule is CC(NC1CCCC(C)(C)CC1)c1ccc2c(c1)OCO2. The molecule has 3 rings (SSSR count). The number of hydrogen-bond donors (Lipinski definition) is 1. The summed E-state index contributed by atoms with van der Waals surface area (Å²) < 4.78 is 10.9. The third-order valence-corrected chi connectivity index (χ3v) is 4.96. The molecule has 2 atom stereocenters. The fourth-order valence-electron chi connectivity index (χ4n) is 3.46. The van der Waals surface area contributed by atoms with E-state index in [1.807, 2.05) is 6.07 Å². The molecule has 1 saturated carbocycles. The third kappa shape index (κ3) is 3.52. The number of ether oxygens (including phenoxy) is 2.